The minimum Gasteiger partial charge on any atom is -0.453 e. The molecule has 0 spiro atoms. The Morgan fingerprint density at radius 3 is 2.37 bits per heavy atom. The number of likely N-dealkylation sites (tertiary alicyclic amines) is 1. The normalized spacial score (nSPS) is 18.7. The van der Waals surface area contributed by atoms with Crippen molar-refractivity contribution in [1.82, 2.24) is 29.6 Å². The van der Waals surface area contributed by atoms with Crippen molar-refractivity contribution in [2.75, 3.05) is 59.2 Å². The van der Waals surface area contributed by atoms with Crippen LogP contribution in [-0.2, 0) is 49.4 Å². The maximum Gasteiger partial charge on any atom is 0.410 e. The lowest BCUT2D eigenvalue weighted by Crippen LogP contribution is -2.50. The molecular weight excluding hydrogens is 851 g/mol. The first-order valence-corrected chi connectivity index (χ1v) is 21.6. The number of aromatic nitrogens is 2. The fourth-order valence-electron chi connectivity index (χ4n) is 8.10. The Morgan fingerprint density at radius 1 is 0.985 bits per heavy atom. The van der Waals surface area contributed by atoms with Crippen LogP contribution in [0.5, 0.6) is 0 Å². The summed E-state index contributed by atoms with van der Waals surface area (Å²) in [6, 6.07) is 11.6. The summed E-state index contributed by atoms with van der Waals surface area (Å²) >= 11 is 0. The number of imidazole rings is 1. The van der Waals surface area contributed by atoms with Crippen LogP contribution in [-0.4, -0.2) is 137 Å². The minimum absolute atomic E-state index is 0.000787. The summed E-state index contributed by atoms with van der Waals surface area (Å²) in [6.07, 6.45) is 1.13. The lowest BCUT2D eigenvalue weighted by molar-refractivity contribution is -0.160. The van der Waals surface area contributed by atoms with Gasteiger partial charge < -0.3 is 43.4 Å². The molecule has 4 heterocycles. The average Bonchev–Trinajstić information content (AvgIpc) is 3.95. The number of ether oxygens (including phenoxy) is 5. The van der Waals surface area contributed by atoms with Gasteiger partial charge in [-0.05, 0) is 70.2 Å². The van der Waals surface area contributed by atoms with Crippen molar-refractivity contribution in [2.24, 2.45) is 11.8 Å². The van der Waals surface area contributed by atoms with Crippen LogP contribution in [0.4, 0.5) is 18.4 Å². The third-order valence-corrected chi connectivity index (χ3v) is 11.1. The second kappa shape index (κ2) is 21.6. The first kappa shape index (κ1) is 48.3. The number of carbonyl (C=O) groups is 6. The zero-order valence-corrected chi connectivity index (χ0v) is 37.2. The molecule has 3 aromatic rings. The number of amides is 5. The van der Waals surface area contributed by atoms with Gasteiger partial charge in [0, 0.05) is 76.1 Å². The zero-order chi connectivity index (χ0) is 46.8. The van der Waals surface area contributed by atoms with E-state index in [1.807, 2.05) is 30.3 Å². The van der Waals surface area contributed by atoms with E-state index in [1.165, 1.54) is 35.8 Å². The van der Waals surface area contributed by atoms with Crippen LogP contribution in [0, 0.1) is 23.5 Å². The number of hydrogen-bond donors (Lipinski definition) is 1. The number of hydrogen-bond acceptors (Lipinski definition) is 12. The number of alkyl carbamates (subject to hydrolysis) is 1. The number of benzene rings is 2. The van der Waals surface area contributed by atoms with E-state index < -0.39 is 77.3 Å². The van der Waals surface area contributed by atoms with Crippen molar-refractivity contribution < 1.29 is 61.2 Å². The molecule has 4 unspecified atom stereocenters. The van der Waals surface area contributed by atoms with Crippen molar-refractivity contribution in [3.8, 4) is 11.3 Å². The summed E-state index contributed by atoms with van der Waals surface area (Å²) in [6.45, 7) is 8.59. The van der Waals surface area contributed by atoms with Gasteiger partial charge in [-0.3, -0.25) is 24.1 Å². The molecule has 6 rings (SSSR count). The molecular formula is C46H56F2N6O11. The maximum atomic E-state index is 15.5. The molecule has 2 fully saturated rings. The molecule has 3 aliphatic rings. The molecule has 65 heavy (non-hydrogen) atoms. The highest BCUT2D eigenvalue weighted by Crippen LogP contribution is 2.39. The molecule has 19 heteroatoms. The van der Waals surface area contributed by atoms with E-state index in [4.69, 9.17) is 28.7 Å². The summed E-state index contributed by atoms with van der Waals surface area (Å²) in [4.78, 5) is 86.8. The SMILES string of the molecule is CC(=O)OC(C)C(=O)N(CC1CN(C(=O)OC(C)(C)C)CC1OC(=O)NCCOCCN1C(=O)C=CC1=O)C(c1nc(-c2cc(F)ccc2F)cn1Cc1ccccc1)C1CCOCC1. The van der Waals surface area contributed by atoms with Crippen molar-refractivity contribution in [3.63, 3.8) is 0 Å². The Balaban J connectivity index is 1.34. The molecule has 0 bridgehead atoms. The summed E-state index contributed by atoms with van der Waals surface area (Å²) in [5, 5.41) is 2.63. The number of rotatable bonds is 17. The molecule has 1 aromatic heterocycles. The summed E-state index contributed by atoms with van der Waals surface area (Å²) in [5.41, 5.74) is 0.0352. The van der Waals surface area contributed by atoms with Crippen LogP contribution in [0.2, 0.25) is 0 Å². The molecule has 17 nitrogen and oxygen atoms in total. The third-order valence-electron chi connectivity index (χ3n) is 11.1. The van der Waals surface area contributed by atoms with E-state index in [-0.39, 0.29) is 69.7 Å². The summed E-state index contributed by atoms with van der Waals surface area (Å²) in [5.74, 6) is -4.25. The van der Waals surface area contributed by atoms with Gasteiger partial charge in [0.05, 0.1) is 38.0 Å². The number of nitrogens with zero attached hydrogens (tertiary/aromatic N) is 5. The van der Waals surface area contributed by atoms with Gasteiger partial charge in [0.15, 0.2) is 6.10 Å². The van der Waals surface area contributed by atoms with Crippen LogP contribution >= 0.6 is 0 Å². The van der Waals surface area contributed by atoms with Gasteiger partial charge in [0.2, 0.25) is 0 Å². The van der Waals surface area contributed by atoms with Crippen molar-refractivity contribution in [3.05, 3.63) is 89.9 Å². The van der Waals surface area contributed by atoms with Gasteiger partial charge in [-0.2, -0.15) is 0 Å². The smallest absolute Gasteiger partial charge is 0.410 e. The highest BCUT2D eigenvalue weighted by Gasteiger charge is 2.45. The molecule has 0 aliphatic carbocycles. The van der Waals surface area contributed by atoms with E-state index in [1.54, 1.807) is 31.5 Å². The average molecular weight is 907 g/mol. The zero-order valence-electron chi connectivity index (χ0n) is 37.2. The van der Waals surface area contributed by atoms with Crippen LogP contribution < -0.4 is 5.32 Å². The number of carbonyl (C=O) groups excluding carboxylic acids is 6. The standard InChI is InChI=1S/C46H56F2N6O11/c1-29(63-30(2)55)43(58)54(26-33-25-52(45(60)65-46(3,4)5)28-38(33)64-44(59)49-17-21-62-22-18-53-39(56)13-14-40(53)57)41(32-15-19-61-20-16-32)42-50-37(35-23-34(47)11-12-36(35)48)27-51(42)24-31-9-7-6-8-10-31/h6-14,23,27,29,32-33,38,41H,15-22,24-26,28H2,1-5H3,(H,49,59). The highest BCUT2D eigenvalue weighted by molar-refractivity contribution is 6.12. The fourth-order valence-corrected chi connectivity index (χ4v) is 8.10. The number of halogens is 2. The summed E-state index contributed by atoms with van der Waals surface area (Å²) in [7, 11) is 0. The summed E-state index contributed by atoms with van der Waals surface area (Å²) < 4.78 is 60.4. The van der Waals surface area contributed by atoms with Crippen molar-refractivity contribution >= 4 is 35.9 Å². The lowest BCUT2D eigenvalue weighted by Gasteiger charge is -2.41. The molecule has 0 saturated carbocycles. The molecule has 4 atom stereocenters. The van der Waals surface area contributed by atoms with E-state index in [0.29, 0.717) is 31.9 Å². The number of imide groups is 1. The fraction of sp³-hybridized carbons (Fsp3) is 0.500. The Kier molecular flexibility index (Phi) is 16.1. The second-order valence-corrected chi connectivity index (χ2v) is 17.1. The highest BCUT2D eigenvalue weighted by atomic mass is 19.1. The molecule has 2 saturated heterocycles. The monoisotopic (exact) mass is 906 g/mol. The van der Waals surface area contributed by atoms with Gasteiger partial charge in [-0.1, -0.05) is 30.3 Å². The minimum atomic E-state index is -1.29. The molecule has 5 amide bonds. The van der Waals surface area contributed by atoms with Gasteiger partial charge in [-0.15, -0.1) is 0 Å². The van der Waals surface area contributed by atoms with E-state index in [9.17, 15) is 33.2 Å². The molecule has 1 N–H and O–H groups in total. The quantitative estimate of drug-likeness (QED) is 0.0826. The van der Waals surface area contributed by atoms with Crippen LogP contribution in [0.15, 0.2) is 66.9 Å². The Hall–Kier alpha value is -6.21. The first-order valence-electron chi connectivity index (χ1n) is 21.6. The predicted molar refractivity (Wildman–Crippen MR) is 229 cm³/mol. The largest absolute Gasteiger partial charge is 0.453 e. The van der Waals surface area contributed by atoms with Gasteiger partial charge in [-0.25, -0.2) is 23.4 Å². The molecule has 2 aromatic carbocycles. The number of nitrogens with one attached hydrogen (secondary N) is 1. The van der Waals surface area contributed by atoms with Crippen LogP contribution in [0.25, 0.3) is 11.3 Å². The van der Waals surface area contributed by atoms with Gasteiger partial charge in [0.25, 0.3) is 17.7 Å². The van der Waals surface area contributed by atoms with Crippen LogP contribution in [0.1, 0.15) is 64.9 Å². The van der Waals surface area contributed by atoms with E-state index in [0.717, 1.165) is 28.7 Å². The van der Waals surface area contributed by atoms with Gasteiger partial charge in [0.1, 0.15) is 29.2 Å². The van der Waals surface area contributed by atoms with Crippen molar-refractivity contribution in [2.45, 2.75) is 77.9 Å². The maximum absolute atomic E-state index is 15.5. The molecule has 3 aliphatic heterocycles. The number of esters is 1. The Morgan fingerprint density at radius 2 is 1.69 bits per heavy atom. The van der Waals surface area contributed by atoms with Crippen molar-refractivity contribution in [1.29, 1.82) is 0 Å². The van der Waals surface area contributed by atoms with Crippen LogP contribution in [0.3, 0.4) is 0 Å². The van der Waals surface area contributed by atoms with Gasteiger partial charge >= 0.3 is 18.2 Å². The first-order chi connectivity index (χ1) is 31.0. The predicted octanol–water partition coefficient (Wildman–Crippen LogP) is 5.03. The third kappa shape index (κ3) is 13.0. The lowest BCUT2D eigenvalue weighted by atomic mass is 9.88. The molecule has 0 radical (unpaired) electrons. The Labute approximate surface area is 375 Å². The van der Waals surface area contributed by atoms with E-state index >= 15 is 4.39 Å². The van der Waals surface area contributed by atoms with E-state index in [2.05, 4.69) is 5.32 Å². The second-order valence-electron chi connectivity index (χ2n) is 17.1. The molecule has 350 valence electrons. The Bertz CT molecular complexity index is 2210. The topological polar surface area (TPSA) is 188 Å².